The molecule has 148 valence electrons. The predicted octanol–water partition coefficient (Wildman–Crippen LogP) is 5.10. The van der Waals surface area contributed by atoms with Gasteiger partial charge in [-0.15, -0.1) is 10.2 Å². The number of rotatable bonds is 6. The molecule has 29 heavy (non-hydrogen) atoms. The van der Waals surface area contributed by atoms with Gasteiger partial charge in [-0.25, -0.2) is 0 Å². The first-order chi connectivity index (χ1) is 13.8. The van der Waals surface area contributed by atoms with E-state index in [1.807, 2.05) is 0 Å². The van der Waals surface area contributed by atoms with Gasteiger partial charge >= 0.3 is 6.18 Å². The average Bonchev–Trinajstić information content (AvgIpc) is 2.69. The Kier molecular flexibility index (Phi) is 5.77. The third-order valence-electron chi connectivity index (χ3n) is 3.66. The largest absolute Gasteiger partial charge is 0.437 e. The molecular formula is C20H15F3N4O2. The molecule has 0 saturated heterocycles. The number of halogens is 3. The third kappa shape index (κ3) is 5.32. The number of amides is 1. The number of hydrogen-bond acceptors (Lipinski definition) is 5. The second-order valence-electron chi connectivity index (χ2n) is 5.77. The average molecular weight is 400 g/mol. The van der Waals surface area contributed by atoms with Crippen LogP contribution in [0.4, 0.5) is 24.7 Å². The molecule has 1 aromatic heterocycles. The van der Waals surface area contributed by atoms with Crippen molar-refractivity contribution in [2.24, 2.45) is 0 Å². The molecule has 9 heteroatoms. The van der Waals surface area contributed by atoms with Crippen LogP contribution in [0, 0.1) is 0 Å². The SMILES string of the molecule is C=CNc1ccc(Oc2cccc(C(=O)Nc3cccc(C(F)(F)F)c3)c2)nn1. The zero-order valence-electron chi connectivity index (χ0n) is 14.9. The van der Waals surface area contributed by atoms with Gasteiger partial charge in [-0.1, -0.05) is 18.7 Å². The van der Waals surface area contributed by atoms with Gasteiger partial charge in [0.1, 0.15) is 5.75 Å². The Bertz CT molecular complexity index is 1020. The van der Waals surface area contributed by atoms with Gasteiger partial charge < -0.3 is 15.4 Å². The summed E-state index contributed by atoms with van der Waals surface area (Å²) in [5.41, 5.74) is -0.606. The molecular weight excluding hydrogens is 385 g/mol. The Balaban J connectivity index is 1.72. The van der Waals surface area contributed by atoms with Crippen molar-refractivity contribution in [2.75, 3.05) is 10.6 Å². The highest BCUT2D eigenvalue weighted by Crippen LogP contribution is 2.31. The number of nitrogens with one attached hydrogen (secondary N) is 2. The molecule has 2 N–H and O–H groups in total. The van der Waals surface area contributed by atoms with Crippen LogP contribution < -0.4 is 15.4 Å². The van der Waals surface area contributed by atoms with E-state index in [2.05, 4.69) is 27.4 Å². The van der Waals surface area contributed by atoms with Crippen molar-refractivity contribution in [3.8, 4) is 11.6 Å². The van der Waals surface area contributed by atoms with Gasteiger partial charge in [0, 0.05) is 17.3 Å². The van der Waals surface area contributed by atoms with Crippen molar-refractivity contribution in [3.63, 3.8) is 0 Å². The van der Waals surface area contributed by atoms with Gasteiger partial charge in [-0.2, -0.15) is 13.2 Å². The Morgan fingerprint density at radius 3 is 2.52 bits per heavy atom. The maximum absolute atomic E-state index is 12.8. The molecule has 0 spiro atoms. The monoisotopic (exact) mass is 400 g/mol. The smallest absolute Gasteiger partial charge is 0.416 e. The number of carbonyl (C=O) groups excluding carboxylic acids is 1. The highest BCUT2D eigenvalue weighted by atomic mass is 19.4. The van der Waals surface area contributed by atoms with Crippen molar-refractivity contribution in [3.05, 3.63) is 84.6 Å². The van der Waals surface area contributed by atoms with E-state index in [0.717, 1.165) is 12.1 Å². The number of aromatic nitrogens is 2. The van der Waals surface area contributed by atoms with Crippen molar-refractivity contribution in [2.45, 2.75) is 6.18 Å². The Morgan fingerprint density at radius 2 is 1.83 bits per heavy atom. The lowest BCUT2D eigenvalue weighted by atomic mass is 10.1. The molecule has 0 bridgehead atoms. The second-order valence-corrected chi connectivity index (χ2v) is 5.77. The third-order valence-corrected chi connectivity index (χ3v) is 3.66. The fraction of sp³-hybridized carbons (Fsp3) is 0.0500. The van der Waals surface area contributed by atoms with Crippen LogP contribution in [0.25, 0.3) is 0 Å². The van der Waals surface area contributed by atoms with Crippen molar-refractivity contribution in [1.82, 2.24) is 10.2 Å². The number of anilines is 2. The summed E-state index contributed by atoms with van der Waals surface area (Å²) in [4.78, 5) is 12.4. The number of carbonyl (C=O) groups is 1. The van der Waals surface area contributed by atoms with Crippen molar-refractivity contribution in [1.29, 1.82) is 0 Å². The van der Waals surface area contributed by atoms with Crippen LogP contribution in [0.5, 0.6) is 11.6 Å². The maximum atomic E-state index is 12.8. The Labute approximate surface area is 164 Å². The molecule has 6 nitrogen and oxygen atoms in total. The standard InChI is InChI=1S/C20H15F3N4O2/c1-2-24-17-9-10-18(27-26-17)29-16-8-3-5-13(11-16)19(28)25-15-7-4-6-14(12-15)20(21,22)23/h2-12H,1H2,(H,24,26)(H,25,28). The molecule has 2 aromatic carbocycles. The molecule has 0 aliphatic rings. The first-order valence-corrected chi connectivity index (χ1v) is 8.33. The Morgan fingerprint density at radius 1 is 1.03 bits per heavy atom. The minimum Gasteiger partial charge on any atom is -0.437 e. The zero-order chi connectivity index (χ0) is 20.9. The first-order valence-electron chi connectivity index (χ1n) is 8.33. The molecule has 0 radical (unpaired) electrons. The van der Waals surface area contributed by atoms with E-state index < -0.39 is 17.6 Å². The van der Waals surface area contributed by atoms with Gasteiger partial charge in [0.25, 0.3) is 5.91 Å². The van der Waals surface area contributed by atoms with Crippen LogP contribution >= 0.6 is 0 Å². The van der Waals surface area contributed by atoms with Crippen LogP contribution in [0.3, 0.4) is 0 Å². The van der Waals surface area contributed by atoms with Gasteiger partial charge in [0.15, 0.2) is 5.82 Å². The van der Waals surface area contributed by atoms with Gasteiger partial charge in [-0.3, -0.25) is 4.79 Å². The summed E-state index contributed by atoms with van der Waals surface area (Å²) in [7, 11) is 0. The summed E-state index contributed by atoms with van der Waals surface area (Å²) < 4.78 is 44.0. The van der Waals surface area contributed by atoms with Gasteiger partial charge in [0.2, 0.25) is 5.88 Å². The number of alkyl halides is 3. The molecule has 0 fully saturated rings. The van der Waals surface area contributed by atoms with Crippen LogP contribution in [-0.2, 0) is 6.18 Å². The summed E-state index contributed by atoms with van der Waals surface area (Å²) >= 11 is 0. The highest BCUT2D eigenvalue weighted by molar-refractivity contribution is 6.04. The fourth-order valence-electron chi connectivity index (χ4n) is 2.35. The number of benzene rings is 2. The lowest BCUT2D eigenvalue weighted by Gasteiger charge is -2.10. The maximum Gasteiger partial charge on any atom is 0.416 e. The predicted molar refractivity (Wildman–Crippen MR) is 102 cm³/mol. The topological polar surface area (TPSA) is 76.1 Å². The molecule has 0 aliphatic heterocycles. The number of ether oxygens (including phenoxy) is 1. The summed E-state index contributed by atoms with van der Waals surface area (Å²) in [5.74, 6) is 0.434. The summed E-state index contributed by atoms with van der Waals surface area (Å²) in [6.07, 6.45) is -3.04. The molecule has 0 atom stereocenters. The van der Waals surface area contributed by atoms with E-state index in [0.29, 0.717) is 11.6 Å². The van der Waals surface area contributed by atoms with Crippen LogP contribution in [0.1, 0.15) is 15.9 Å². The minimum absolute atomic E-state index is 0.0346. The zero-order valence-corrected chi connectivity index (χ0v) is 14.9. The number of nitrogens with zero attached hydrogens (tertiary/aromatic N) is 2. The normalized spacial score (nSPS) is 10.9. The molecule has 0 unspecified atom stereocenters. The van der Waals surface area contributed by atoms with Crippen LogP contribution in [0.2, 0.25) is 0 Å². The van der Waals surface area contributed by atoms with Crippen molar-refractivity contribution < 1.29 is 22.7 Å². The molecule has 0 aliphatic carbocycles. The van der Waals surface area contributed by atoms with Crippen LogP contribution in [0.15, 0.2) is 73.4 Å². The van der Waals surface area contributed by atoms with Gasteiger partial charge in [0.05, 0.1) is 5.56 Å². The van der Waals surface area contributed by atoms with E-state index in [1.54, 1.807) is 24.3 Å². The summed E-state index contributed by atoms with van der Waals surface area (Å²) in [6, 6.07) is 13.8. The van der Waals surface area contributed by atoms with Crippen LogP contribution in [-0.4, -0.2) is 16.1 Å². The van der Waals surface area contributed by atoms with Gasteiger partial charge in [-0.05, 0) is 48.7 Å². The van der Waals surface area contributed by atoms with Crippen molar-refractivity contribution >= 4 is 17.4 Å². The number of hydrogen-bond donors (Lipinski definition) is 2. The lowest BCUT2D eigenvalue weighted by Crippen LogP contribution is -2.13. The fourth-order valence-corrected chi connectivity index (χ4v) is 2.35. The Hall–Kier alpha value is -3.88. The molecule has 3 aromatic rings. The second kappa shape index (κ2) is 8.42. The molecule has 1 amide bonds. The summed E-state index contributed by atoms with van der Waals surface area (Å²) in [6.45, 7) is 3.52. The van der Waals surface area contributed by atoms with E-state index in [1.165, 1.54) is 30.5 Å². The van der Waals surface area contributed by atoms with E-state index in [4.69, 9.17) is 4.74 Å². The molecule has 1 heterocycles. The van der Waals surface area contributed by atoms with E-state index in [-0.39, 0.29) is 17.1 Å². The highest BCUT2D eigenvalue weighted by Gasteiger charge is 2.30. The van der Waals surface area contributed by atoms with E-state index >= 15 is 0 Å². The molecule has 3 rings (SSSR count). The van der Waals surface area contributed by atoms with E-state index in [9.17, 15) is 18.0 Å². The molecule has 0 saturated carbocycles. The first kappa shape index (κ1) is 19.9. The quantitative estimate of drug-likeness (QED) is 0.602. The summed E-state index contributed by atoms with van der Waals surface area (Å²) in [5, 5.41) is 13.0. The minimum atomic E-state index is -4.49. The lowest BCUT2D eigenvalue weighted by molar-refractivity contribution is -0.137.